The van der Waals surface area contributed by atoms with Crippen molar-refractivity contribution in [2.75, 3.05) is 31.5 Å². The standard InChI is InChI=1S/C14H22F2N2O2S/c1-3-18(4-2)11-7-10-17-12-8-5-6-9-13(12)21(19,20)14(15)16/h5-6,8-9,14,17H,3-4,7,10-11H2,1-2H3. The maximum absolute atomic E-state index is 12.6. The van der Waals surface area contributed by atoms with E-state index >= 15 is 0 Å². The van der Waals surface area contributed by atoms with Gasteiger partial charge in [-0.25, -0.2) is 8.42 Å². The summed E-state index contributed by atoms with van der Waals surface area (Å²) in [4.78, 5) is 1.89. The second kappa shape index (κ2) is 8.29. The van der Waals surface area contributed by atoms with E-state index in [1.807, 2.05) is 0 Å². The monoisotopic (exact) mass is 320 g/mol. The fourth-order valence-electron chi connectivity index (χ4n) is 2.02. The number of nitrogens with one attached hydrogen (secondary N) is 1. The number of rotatable bonds is 9. The van der Waals surface area contributed by atoms with Crippen molar-refractivity contribution >= 4 is 15.5 Å². The molecule has 0 atom stereocenters. The van der Waals surface area contributed by atoms with E-state index in [1.54, 1.807) is 6.07 Å². The number of alkyl halides is 2. The molecule has 21 heavy (non-hydrogen) atoms. The third kappa shape index (κ3) is 4.93. The molecular weight excluding hydrogens is 298 g/mol. The van der Waals surface area contributed by atoms with Crippen LogP contribution in [0.25, 0.3) is 0 Å². The van der Waals surface area contributed by atoms with Crippen molar-refractivity contribution in [3.63, 3.8) is 0 Å². The van der Waals surface area contributed by atoms with Crippen LogP contribution in [0.5, 0.6) is 0 Å². The van der Waals surface area contributed by atoms with Gasteiger partial charge in [0.25, 0.3) is 0 Å². The van der Waals surface area contributed by atoms with Crippen LogP contribution in [0, 0.1) is 0 Å². The third-order valence-corrected chi connectivity index (χ3v) is 4.73. The molecule has 0 bridgehead atoms. The molecule has 0 unspecified atom stereocenters. The first-order valence-corrected chi connectivity index (χ1v) is 8.55. The minimum atomic E-state index is -4.58. The van der Waals surface area contributed by atoms with Gasteiger partial charge in [-0.3, -0.25) is 0 Å². The molecule has 0 saturated heterocycles. The van der Waals surface area contributed by atoms with Crippen LogP contribution in [0.4, 0.5) is 14.5 Å². The van der Waals surface area contributed by atoms with Crippen molar-refractivity contribution in [2.45, 2.75) is 30.9 Å². The lowest BCUT2D eigenvalue weighted by Gasteiger charge is -2.18. The fraction of sp³-hybridized carbons (Fsp3) is 0.571. The molecule has 0 aromatic heterocycles. The molecule has 0 aliphatic rings. The van der Waals surface area contributed by atoms with Crippen molar-refractivity contribution in [1.29, 1.82) is 0 Å². The molecule has 1 rings (SSSR count). The van der Waals surface area contributed by atoms with Crippen LogP contribution in [0.1, 0.15) is 20.3 Å². The number of halogens is 2. The normalized spacial score (nSPS) is 12.1. The molecule has 1 aromatic rings. The smallest absolute Gasteiger partial charge is 0.341 e. The number of anilines is 1. The summed E-state index contributed by atoms with van der Waals surface area (Å²) in [5.41, 5.74) is 0.234. The summed E-state index contributed by atoms with van der Waals surface area (Å²) < 4.78 is 48.5. The highest BCUT2D eigenvalue weighted by Gasteiger charge is 2.28. The van der Waals surface area contributed by atoms with E-state index in [2.05, 4.69) is 24.1 Å². The Bertz CT molecular complexity index is 532. The number of hydrogen-bond acceptors (Lipinski definition) is 4. The number of nitrogens with zero attached hydrogens (tertiary/aromatic N) is 1. The van der Waals surface area contributed by atoms with E-state index in [0.717, 1.165) is 26.1 Å². The number of sulfone groups is 1. The quantitative estimate of drug-likeness (QED) is 0.711. The zero-order valence-electron chi connectivity index (χ0n) is 12.4. The lowest BCUT2D eigenvalue weighted by molar-refractivity contribution is 0.235. The van der Waals surface area contributed by atoms with Crippen LogP contribution < -0.4 is 5.32 Å². The van der Waals surface area contributed by atoms with Gasteiger partial charge >= 0.3 is 5.76 Å². The van der Waals surface area contributed by atoms with Crippen LogP contribution in [0.3, 0.4) is 0 Å². The summed E-state index contributed by atoms with van der Waals surface area (Å²) in [6.07, 6.45) is 0.810. The SMILES string of the molecule is CCN(CC)CCCNc1ccccc1S(=O)(=O)C(F)F. The predicted octanol–water partition coefficient (Wildman–Crippen LogP) is 2.83. The highest BCUT2D eigenvalue weighted by Crippen LogP contribution is 2.25. The predicted molar refractivity (Wildman–Crippen MR) is 80.5 cm³/mol. The summed E-state index contributed by atoms with van der Waals surface area (Å²) in [6.45, 7) is 7.46. The van der Waals surface area contributed by atoms with Gasteiger partial charge in [0.15, 0.2) is 0 Å². The first-order chi connectivity index (χ1) is 9.93. The highest BCUT2D eigenvalue weighted by atomic mass is 32.2. The average Bonchev–Trinajstić information content (AvgIpc) is 2.47. The maximum Gasteiger partial charge on any atom is 0.341 e. The Balaban J connectivity index is 2.69. The van der Waals surface area contributed by atoms with Gasteiger partial charge in [0.2, 0.25) is 9.84 Å². The molecule has 0 fully saturated rings. The summed E-state index contributed by atoms with van der Waals surface area (Å²) in [7, 11) is -4.58. The van der Waals surface area contributed by atoms with E-state index in [9.17, 15) is 17.2 Å². The zero-order valence-corrected chi connectivity index (χ0v) is 13.2. The number of benzene rings is 1. The van der Waals surface area contributed by atoms with Gasteiger partial charge in [0.05, 0.1) is 10.6 Å². The molecule has 0 radical (unpaired) electrons. The van der Waals surface area contributed by atoms with Crippen LogP contribution >= 0.6 is 0 Å². The molecule has 1 N–H and O–H groups in total. The Hall–Kier alpha value is -1.21. The first kappa shape index (κ1) is 17.8. The lowest BCUT2D eigenvalue weighted by Crippen LogP contribution is -2.25. The molecule has 1 aromatic carbocycles. The highest BCUT2D eigenvalue weighted by molar-refractivity contribution is 7.91. The van der Waals surface area contributed by atoms with Crippen molar-refractivity contribution in [3.05, 3.63) is 24.3 Å². The Morgan fingerprint density at radius 2 is 1.81 bits per heavy atom. The van der Waals surface area contributed by atoms with E-state index in [4.69, 9.17) is 0 Å². The topological polar surface area (TPSA) is 49.4 Å². The second-order valence-corrected chi connectivity index (χ2v) is 6.50. The largest absolute Gasteiger partial charge is 0.384 e. The molecule has 7 heteroatoms. The number of para-hydroxylation sites is 1. The summed E-state index contributed by atoms with van der Waals surface area (Å²) >= 11 is 0. The molecule has 0 aliphatic heterocycles. The van der Waals surface area contributed by atoms with E-state index in [0.29, 0.717) is 6.54 Å². The molecular formula is C14H22F2N2O2S. The summed E-state index contributed by atoms with van der Waals surface area (Å²) in [5.74, 6) is -3.41. The van der Waals surface area contributed by atoms with Crippen LogP contribution in [-0.2, 0) is 9.84 Å². The minimum Gasteiger partial charge on any atom is -0.384 e. The Morgan fingerprint density at radius 3 is 2.38 bits per heavy atom. The lowest BCUT2D eigenvalue weighted by atomic mass is 10.3. The van der Waals surface area contributed by atoms with Gasteiger partial charge < -0.3 is 10.2 Å². The van der Waals surface area contributed by atoms with Gasteiger partial charge in [-0.15, -0.1) is 0 Å². The molecule has 0 spiro atoms. The van der Waals surface area contributed by atoms with Gasteiger partial charge in [-0.2, -0.15) is 8.78 Å². The minimum absolute atomic E-state index is 0.234. The Labute approximate surface area is 125 Å². The van der Waals surface area contributed by atoms with Crippen LogP contribution in [-0.4, -0.2) is 45.3 Å². The molecule has 0 saturated carbocycles. The first-order valence-electron chi connectivity index (χ1n) is 7.00. The summed E-state index contributed by atoms with van der Waals surface area (Å²) in [6, 6.07) is 5.77. The molecule has 120 valence electrons. The van der Waals surface area contributed by atoms with E-state index in [1.165, 1.54) is 18.2 Å². The van der Waals surface area contributed by atoms with Gasteiger partial charge in [0.1, 0.15) is 0 Å². The van der Waals surface area contributed by atoms with Gasteiger partial charge in [-0.05, 0) is 38.2 Å². The van der Waals surface area contributed by atoms with Crippen molar-refractivity contribution in [2.24, 2.45) is 0 Å². The van der Waals surface area contributed by atoms with E-state index in [-0.39, 0.29) is 10.6 Å². The van der Waals surface area contributed by atoms with Crippen LogP contribution in [0.2, 0.25) is 0 Å². The van der Waals surface area contributed by atoms with Crippen molar-refractivity contribution in [1.82, 2.24) is 4.90 Å². The molecule has 4 nitrogen and oxygen atoms in total. The molecule has 0 heterocycles. The third-order valence-electron chi connectivity index (χ3n) is 3.29. The second-order valence-electron chi connectivity index (χ2n) is 4.61. The van der Waals surface area contributed by atoms with Gasteiger partial charge in [0, 0.05) is 6.54 Å². The Kier molecular flexibility index (Phi) is 7.04. The number of hydrogen-bond donors (Lipinski definition) is 1. The van der Waals surface area contributed by atoms with Crippen LogP contribution in [0.15, 0.2) is 29.2 Å². The van der Waals surface area contributed by atoms with E-state index < -0.39 is 15.6 Å². The van der Waals surface area contributed by atoms with Crippen molar-refractivity contribution in [3.8, 4) is 0 Å². The Morgan fingerprint density at radius 1 is 1.19 bits per heavy atom. The average molecular weight is 320 g/mol. The molecule has 0 aliphatic carbocycles. The maximum atomic E-state index is 12.6. The van der Waals surface area contributed by atoms with Gasteiger partial charge in [-0.1, -0.05) is 26.0 Å². The van der Waals surface area contributed by atoms with Crippen molar-refractivity contribution < 1.29 is 17.2 Å². The molecule has 0 amide bonds. The fourth-order valence-corrected chi connectivity index (χ4v) is 2.93. The zero-order chi connectivity index (χ0) is 15.9. The summed E-state index contributed by atoms with van der Waals surface area (Å²) in [5, 5.41) is 2.94.